The van der Waals surface area contributed by atoms with Crippen LogP contribution in [0.4, 0.5) is 0 Å². The highest BCUT2D eigenvalue weighted by Crippen LogP contribution is 2.37. The van der Waals surface area contributed by atoms with E-state index in [4.69, 9.17) is 9.16 Å². The number of allylic oxidation sites excluding steroid dienone is 1. The molecule has 0 bridgehead atoms. The van der Waals surface area contributed by atoms with E-state index in [0.717, 1.165) is 12.8 Å². The maximum absolute atomic E-state index is 12.4. The molecule has 4 heteroatoms. The van der Waals surface area contributed by atoms with Crippen LogP contribution in [0.5, 0.6) is 0 Å². The molecule has 0 saturated carbocycles. The fourth-order valence-electron chi connectivity index (χ4n) is 4.52. The highest BCUT2D eigenvalue weighted by molar-refractivity contribution is 6.99. The van der Waals surface area contributed by atoms with Gasteiger partial charge in [-0.25, -0.2) is 0 Å². The highest BCUT2D eigenvalue weighted by atomic mass is 28.4. The first-order valence-corrected chi connectivity index (χ1v) is 13.6. The largest absolute Gasteiger partial charge is 0.457 e. The molecule has 0 amide bonds. The molecule has 1 aliphatic carbocycles. The quantitative estimate of drug-likeness (QED) is 0.318. The lowest BCUT2D eigenvalue weighted by Gasteiger charge is -2.43. The minimum Gasteiger partial charge on any atom is -0.457 e. The van der Waals surface area contributed by atoms with Crippen molar-refractivity contribution < 1.29 is 14.0 Å². The van der Waals surface area contributed by atoms with Crippen molar-refractivity contribution in [2.24, 2.45) is 11.3 Å². The van der Waals surface area contributed by atoms with Crippen molar-refractivity contribution in [2.45, 2.75) is 65.5 Å². The van der Waals surface area contributed by atoms with Crippen LogP contribution in [0.2, 0.25) is 5.04 Å². The normalized spacial score (nSPS) is 19.2. The van der Waals surface area contributed by atoms with Gasteiger partial charge in [0.15, 0.2) is 0 Å². The summed E-state index contributed by atoms with van der Waals surface area (Å²) in [5.74, 6) is 0.117. The number of esters is 1. The summed E-state index contributed by atoms with van der Waals surface area (Å²) in [5, 5.41) is 2.54. The molecule has 2 aromatic rings. The Morgan fingerprint density at radius 1 is 0.906 bits per heavy atom. The van der Waals surface area contributed by atoms with Gasteiger partial charge in [-0.2, -0.15) is 0 Å². The minimum atomic E-state index is -2.53. The van der Waals surface area contributed by atoms with Gasteiger partial charge >= 0.3 is 5.97 Å². The Morgan fingerprint density at radius 2 is 1.44 bits per heavy atom. The van der Waals surface area contributed by atoms with E-state index in [1.54, 1.807) is 0 Å². The van der Waals surface area contributed by atoms with Gasteiger partial charge < -0.3 is 9.16 Å². The summed E-state index contributed by atoms with van der Waals surface area (Å²) in [7, 11) is -2.53. The molecule has 0 aliphatic heterocycles. The van der Waals surface area contributed by atoms with E-state index in [1.165, 1.54) is 10.4 Å². The number of carbonyl (C=O) groups excluding carboxylic acids is 1. The average Bonchev–Trinajstić information content (AvgIpc) is 3.18. The number of hydrogen-bond donors (Lipinski definition) is 0. The Morgan fingerprint density at radius 3 is 1.91 bits per heavy atom. The fourth-order valence-corrected chi connectivity index (χ4v) is 9.10. The molecule has 3 nitrogen and oxygen atoms in total. The maximum Gasteiger partial charge on any atom is 0.311 e. The third-order valence-electron chi connectivity index (χ3n) is 6.31. The molecule has 0 spiro atoms. The third-order valence-corrected chi connectivity index (χ3v) is 11.4. The lowest BCUT2D eigenvalue weighted by atomic mass is 9.96. The number of ether oxygens (including phenoxy) is 1. The molecular formula is C28H38O3Si. The van der Waals surface area contributed by atoms with Gasteiger partial charge in [0.1, 0.15) is 6.10 Å². The van der Waals surface area contributed by atoms with Crippen molar-refractivity contribution in [1.29, 1.82) is 0 Å². The van der Waals surface area contributed by atoms with E-state index >= 15 is 0 Å². The molecule has 0 saturated heterocycles. The van der Waals surface area contributed by atoms with Crippen molar-refractivity contribution in [1.82, 2.24) is 0 Å². The fraction of sp³-hybridized carbons (Fsp3) is 0.464. The standard InChI is InChI=1S/C28H38O3Si/c1-27(2,3)26(29)31-25-19-13-14-22(25)20-21-30-32(28(4,5)6,23-15-9-7-10-16-23)24-17-11-8-12-18-24/h7-13,15-19,22,25H,14,20-21H2,1-6H3/t22-,25-/m0/s1. The summed E-state index contributed by atoms with van der Waals surface area (Å²) in [6.45, 7) is 13.2. The van der Waals surface area contributed by atoms with E-state index in [-0.39, 0.29) is 23.0 Å². The molecule has 0 heterocycles. The van der Waals surface area contributed by atoms with Crippen LogP contribution in [0.1, 0.15) is 54.4 Å². The molecule has 0 unspecified atom stereocenters. The Balaban J connectivity index is 1.82. The van der Waals surface area contributed by atoms with Gasteiger partial charge in [-0.1, -0.05) is 87.5 Å². The Labute approximate surface area is 195 Å². The molecule has 0 N–H and O–H groups in total. The molecule has 0 fully saturated rings. The zero-order valence-corrected chi connectivity index (χ0v) is 21.4. The van der Waals surface area contributed by atoms with Crippen LogP contribution in [0.3, 0.4) is 0 Å². The monoisotopic (exact) mass is 450 g/mol. The van der Waals surface area contributed by atoms with Crippen molar-refractivity contribution in [2.75, 3.05) is 6.61 Å². The zero-order valence-electron chi connectivity index (χ0n) is 20.4. The molecule has 3 rings (SSSR count). The topological polar surface area (TPSA) is 35.5 Å². The summed E-state index contributed by atoms with van der Waals surface area (Å²) >= 11 is 0. The van der Waals surface area contributed by atoms with Gasteiger partial charge in [-0.05, 0) is 55.1 Å². The summed E-state index contributed by atoms with van der Waals surface area (Å²) in [6.07, 6.45) is 5.79. The van der Waals surface area contributed by atoms with E-state index in [2.05, 4.69) is 87.5 Å². The van der Waals surface area contributed by atoms with Crippen LogP contribution < -0.4 is 10.4 Å². The maximum atomic E-state index is 12.4. The number of carbonyl (C=O) groups is 1. The zero-order chi connectivity index (χ0) is 23.4. The second-order valence-corrected chi connectivity index (χ2v) is 15.1. The lowest BCUT2D eigenvalue weighted by Crippen LogP contribution is -2.66. The lowest BCUT2D eigenvalue weighted by molar-refractivity contribution is -0.158. The van der Waals surface area contributed by atoms with Crippen LogP contribution >= 0.6 is 0 Å². The van der Waals surface area contributed by atoms with Crippen LogP contribution in [0.25, 0.3) is 0 Å². The second-order valence-electron chi connectivity index (χ2n) is 10.8. The Hall–Kier alpha value is -2.17. The van der Waals surface area contributed by atoms with Crippen LogP contribution in [-0.2, 0) is 14.0 Å². The molecule has 0 radical (unpaired) electrons. The van der Waals surface area contributed by atoms with Gasteiger partial charge in [0.05, 0.1) is 5.41 Å². The predicted molar refractivity (Wildman–Crippen MR) is 135 cm³/mol. The third kappa shape index (κ3) is 5.24. The molecule has 1 aliphatic rings. The van der Waals surface area contributed by atoms with E-state index in [0.29, 0.717) is 6.61 Å². The first-order valence-electron chi connectivity index (χ1n) is 11.7. The van der Waals surface area contributed by atoms with Crippen LogP contribution in [-0.4, -0.2) is 27.0 Å². The van der Waals surface area contributed by atoms with Gasteiger partial charge in [0.2, 0.25) is 0 Å². The second kappa shape index (κ2) is 9.76. The smallest absolute Gasteiger partial charge is 0.311 e. The van der Waals surface area contributed by atoms with Crippen molar-refractivity contribution >= 4 is 24.7 Å². The number of benzene rings is 2. The van der Waals surface area contributed by atoms with Gasteiger partial charge in [-0.15, -0.1) is 0 Å². The van der Waals surface area contributed by atoms with Gasteiger partial charge in [0.25, 0.3) is 8.32 Å². The van der Waals surface area contributed by atoms with E-state index in [9.17, 15) is 4.79 Å². The first kappa shape index (κ1) is 24.5. The summed E-state index contributed by atoms with van der Waals surface area (Å²) in [5.41, 5.74) is -0.494. The van der Waals surface area contributed by atoms with Crippen molar-refractivity contribution in [3.63, 3.8) is 0 Å². The van der Waals surface area contributed by atoms with Crippen molar-refractivity contribution in [3.8, 4) is 0 Å². The molecule has 2 atom stereocenters. The highest BCUT2D eigenvalue weighted by Gasteiger charge is 2.50. The van der Waals surface area contributed by atoms with Gasteiger partial charge in [0, 0.05) is 12.5 Å². The van der Waals surface area contributed by atoms with Crippen molar-refractivity contribution in [3.05, 3.63) is 72.8 Å². The number of hydrogen-bond acceptors (Lipinski definition) is 3. The first-order chi connectivity index (χ1) is 15.1. The average molecular weight is 451 g/mol. The van der Waals surface area contributed by atoms with E-state index < -0.39 is 13.7 Å². The Bertz CT molecular complexity index is 868. The summed E-state index contributed by atoms with van der Waals surface area (Å²) < 4.78 is 12.9. The summed E-state index contributed by atoms with van der Waals surface area (Å²) in [4.78, 5) is 12.4. The molecule has 172 valence electrons. The summed E-state index contributed by atoms with van der Waals surface area (Å²) in [6, 6.07) is 21.4. The molecule has 0 aromatic heterocycles. The predicted octanol–water partition coefficient (Wildman–Crippen LogP) is 5.49. The molecular weight excluding hydrogens is 412 g/mol. The van der Waals surface area contributed by atoms with E-state index in [1.807, 2.05) is 26.8 Å². The SMILES string of the molecule is CC(C)(C)C(=O)O[C@H]1C=CC[C@H]1CCO[Si](c1ccccc1)(c1ccccc1)C(C)(C)C. The number of rotatable bonds is 7. The molecule has 32 heavy (non-hydrogen) atoms. The van der Waals surface area contributed by atoms with Crippen LogP contribution in [0, 0.1) is 11.3 Å². The molecule has 2 aromatic carbocycles. The Kier molecular flexibility index (Phi) is 7.46. The van der Waals surface area contributed by atoms with Gasteiger partial charge in [-0.3, -0.25) is 4.79 Å². The van der Waals surface area contributed by atoms with Crippen LogP contribution in [0.15, 0.2) is 72.8 Å². The minimum absolute atomic E-state index is 0.0399.